The predicted molar refractivity (Wildman–Crippen MR) is 45.2 cm³/mol. The molecule has 0 bridgehead atoms. The number of alkyl halides is 12. The van der Waals surface area contributed by atoms with Gasteiger partial charge in [0.05, 0.1) is 0 Å². The van der Waals surface area contributed by atoms with Crippen molar-refractivity contribution in [3.05, 3.63) is 0 Å². The monoisotopic (exact) mass is 384 g/mol. The van der Waals surface area contributed by atoms with Gasteiger partial charge < -0.3 is 9.11 Å². The average molecular weight is 384 g/mol. The smallest absolute Gasteiger partial charge is 0.306 e. The first-order valence-corrected chi connectivity index (χ1v) is 6.45. The lowest BCUT2D eigenvalue weighted by Crippen LogP contribution is -2.79. The van der Waals surface area contributed by atoms with E-state index in [9.17, 15) is 56.9 Å². The molecule has 0 aliphatic carbocycles. The molecular weight excluding hydrogens is 380 g/mol. The molecule has 0 radical (unpaired) electrons. The third-order valence-electron chi connectivity index (χ3n) is 2.24. The van der Waals surface area contributed by atoms with E-state index in [-0.39, 0.29) is 0 Å². The molecule has 0 rings (SSSR count). The molecule has 0 fully saturated rings. The molecule has 0 aromatic rings. The van der Waals surface area contributed by atoms with Crippen molar-refractivity contribution in [2.24, 2.45) is 0 Å². The van der Waals surface area contributed by atoms with Gasteiger partial charge >= 0.3 is 29.5 Å². The fourth-order valence-electron chi connectivity index (χ4n) is 1.58. The lowest BCUT2D eigenvalue weighted by Gasteiger charge is -2.49. The van der Waals surface area contributed by atoms with Crippen molar-refractivity contribution in [3.63, 3.8) is 0 Å². The topological polar surface area (TPSA) is 57.5 Å². The van der Waals surface area contributed by atoms with Gasteiger partial charge in [0.1, 0.15) is 15.4 Å². The summed E-state index contributed by atoms with van der Waals surface area (Å²) in [6.45, 7) is 0. The molecule has 0 aliphatic heterocycles. The fourth-order valence-corrected chi connectivity index (χ4v) is 3.79. The van der Waals surface area contributed by atoms with Crippen LogP contribution in [0.1, 0.15) is 0 Å². The van der Waals surface area contributed by atoms with Gasteiger partial charge in [-0.15, -0.1) is 0 Å². The zero-order valence-electron chi connectivity index (χ0n) is 9.45. The second-order valence-electron chi connectivity index (χ2n) is 3.95. The Morgan fingerprint density at radius 1 is 0.636 bits per heavy atom. The first-order valence-electron chi connectivity index (χ1n) is 4.40. The van der Waals surface area contributed by atoms with Crippen LogP contribution < -0.4 is 0 Å². The van der Waals surface area contributed by atoms with Crippen LogP contribution in [0.2, 0.25) is 0 Å². The average Bonchev–Trinajstić information content (AvgIpc) is 1.82. The zero-order chi connectivity index (χ0) is 18.7. The van der Waals surface area contributed by atoms with E-state index in [4.69, 9.17) is 9.11 Å². The SMILES string of the molecule is O=S(O)(O)(CC(F)(F)F)C(C(F)(F)F)(C(F)(F)F)C(F)(F)F. The van der Waals surface area contributed by atoms with Gasteiger partial charge in [0, 0.05) is 0 Å². The Morgan fingerprint density at radius 3 is 1.00 bits per heavy atom. The van der Waals surface area contributed by atoms with Crippen LogP contribution in [0.25, 0.3) is 0 Å². The van der Waals surface area contributed by atoms with Crippen molar-refractivity contribution < 1.29 is 66.0 Å². The second kappa shape index (κ2) is 4.62. The third-order valence-corrected chi connectivity index (χ3v) is 5.01. The van der Waals surface area contributed by atoms with Gasteiger partial charge in [-0.3, -0.25) is 0 Å². The van der Waals surface area contributed by atoms with E-state index in [2.05, 4.69) is 0 Å². The van der Waals surface area contributed by atoms with E-state index >= 15 is 0 Å². The highest BCUT2D eigenvalue weighted by atomic mass is 32.3. The van der Waals surface area contributed by atoms with E-state index in [1.54, 1.807) is 0 Å². The Bertz CT molecular complexity index is 451. The van der Waals surface area contributed by atoms with Crippen molar-refractivity contribution in [2.75, 3.05) is 5.75 Å². The molecule has 2 N–H and O–H groups in total. The van der Waals surface area contributed by atoms with E-state index < -0.39 is 44.8 Å². The van der Waals surface area contributed by atoms with Gasteiger partial charge in [-0.05, 0) is 0 Å². The molecule has 0 aliphatic rings. The van der Waals surface area contributed by atoms with E-state index in [1.807, 2.05) is 0 Å². The Balaban J connectivity index is 7.05. The minimum absolute atomic E-state index is 4.29. The molecule has 0 saturated heterocycles. The van der Waals surface area contributed by atoms with E-state index in [1.165, 1.54) is 0 Å². The maximum atomic E-state index is 12.4. The molecule has 22 heavy (non-hydrogen) atoms. The Morgan fingerprint density at radius 2 is 0.864 bits per heavy atom. The maximum Gasteiger partial charge on any atom is 0.426 e. The van der Waals surface area contributed by atoms with Crippen LogP contribution in [0.4, 0.5) is 52.7 Å². The summed E-state index contributed by atoms with van der Waals surface area (Å²) >= 11 is 0. The van der Waals surface area contributed by atoms with Gasteiger partial charge in [-0.25, -0.2) is 4.21 Å². The molecule has 16 heteroatoms. The molecule has 3 nitrogen and oxygen atoms in total. The fraction of sp³-hybridized carbons (Fsp3) is 1.00. The highest BCUT2D eigenvalue weighted by Gasteiger charge is 2.94. The predicted octanol–water partition coefficient (Wildman–Crippen LogP) is 3.74. The summed E-state index contributed by atoms with van der Waals surface area (Å²) in [6.07, 6.45) is -29.9. The van der Waals surface area contributed by atoms with Crippen LogP contribution in [-0.4, -0.2) is 48.5 Å². The van der Waals surface area contributed by atoms with Gasteiger partial charge in [-0.1, -0.05) is 0 Å². The van der Waals surface area contributed by atoms with Crippen LogP contribution in [0.3, 0.4) is 0 Å². The van der Waals surface area contributed by atoms with Crippen molar-refractivity contribution >= 4 is 9.63 Å². The van der Waals surface area contributed by atoms with Crippen LogP contribution in [0.5, 0.6) is 0 Å². The lowest BCUT2D eigenvalue weighted by atomic mass is 10.1. The number of hydrogen-bond donors (Lipinski definition) is 2. The second-order valence-corrected chi connectivity index (χ2v) is 6.89. The summed E-state index contributed by atoms with van der Waals surface area (Å²) in [7, 11) is -9.47. The molecule has 0 aromatic heterocycles. The van der Waals surface area contributed by atoms with Crippen molar-refractivity contribution in [1.29, 1.82) is 0 Å². The third kappa shape index (κ3) is 3.12. The summed E-state index contributed by atoms with van der Waals surface area (Å²) < 4.78 is 167. The number of halogens is 12. The first-order chi connectivity index (χ1) is 8.99. The maximum absolute atomic E-state index is 12.4. The van der Waals surface area contributed by atoms with Crippen molar-refractivity contribution in [1.82, 2.24) is 0 Å². The minimum Gasteiger partial charge on any atom is -0.306 e. The normalized spacial score (nSPS) is 18.0. The zero-order valence-corrected chi connectivity index (χ0v) is 10.3. The molecule has 0 aromatic carbocycles. The molecule has 0 heterocycles. The van der Waals surface area contributed by atoms with Crippen molar-refractivity contribution in [2.45, 2.75) is 29.5 Å². The number of rotatable bonds is 2. The van der Waals surface area contributed by atoms with Gasteiger partial charge in [0.25, 0.3) is 0 Å². The summed E-state index contributed by atoms with van der Waals surface area (Å²) in [5.41, 5.74) is 0. The standard InChI is InChI=1S/C6H4F12O3S/c7-2(8,9)1-22(19,20,21)3(4(10,11)12,5(13,14)15)6(16,17)18/h1H2,(H2,19,20,21). The Hall–Kier alpha value is -0.770. The van der Waals surface area contributed by atoms with Gasteiger partial charge in [-0.2, -0.15) is 52.7 Å². The molecular formula is C6H4F12O3S. The molecule has 0 spiro atoms. The van der Waals surface area contributed by atoms with Crippen LogP contribution in [-0.2, 0) is 9.63 Å². The Labute approximate surface area is 112 Å². The molecule has 136 valence electrons. The quantitative estimate of drug-likeness (QED) is 0.714. The largest absolute Gasteiger partial charge is 0.426 e. The van der Waals surface area contributed by atoms with Crippen LogP contribution in [0.15, 0.2) is 0 Å². The van der Waals surface area contributed by atoms with E-state index in [0.29, 0.717) is 0 Å². The van der Waals surface area contributed by atoms with Gasteiger partial charge in [0.15, 0.2) is 0 Å². The number of hydrogen-bond acceptors (Lipinski definition) is 1. The van der Waals surface area contributed by atoms with Crippen molar-refractivity contribution in [3.8, 4) is 0 Å². The molecule has 0 atom stereocenters. The summed E-state index contributed by atoms with van der Waals surface area (Å²) in [6, 6.07) is 0. The van der Waals surface area contributed by atoms with Crippen LogP contribution in [0, 0.1) is 0 Å². The summed E-state index contributed by atoms with van der Waals surface area (Å²) in [4.78, 5) is 0. The lowest BCUT2D eigenvalue weighted by molar-refractivity contribution is -0.352. The first kappa shape index (κ1) is 21.2. The Kier molecular flexibility index (Phi) is 4.46. The highest BCUT2D eigenvalue weighted by molar-refractivity contribution is 8.11. The minimum atomic E-state index is -9.47. The summed E-state index contributed by atoms with van der Waals surface area (Å²) in [5.74, 6) is -4.29. The molecule has 0 saturated carbocycles. The van der Waals surface area contributed by atoms with Gasteiger partial charge in [0.2, 0.25) is 0 Å². The molecule has 0 unspecified atom stereocenters. The summed E-state index contributed by atoms with van der Waals surface area (Å²) in [5, 5.41) is 0. The van der Waals surface area contributed by atoms with Crippen LogP contribution >= 0.6 is 0 Å². The highest BCUT2D eigenvalue weighted by Crippen LogP contribution is 2.63. The van der Waals surface area contributed by atoms with E-state index in [0.717, 1.165) is 0 Å². The molecule has 0 amide bonds.